The Kier molecular flexibility index (Phi) is 6.74. The second-order valence-electron chi connectivity index (χ2n) is 6.86. The van der Waals surface area contributed by atoms with E-state index >= 15 is 0 Å². The molecule has 3 aromatic rings. The van der Waals surface area contributed by atoms with Gasteiger partial charge in [0.1, 0.15) is 5.75 Å². The van der Waals surface area contributed by atoms with Crippen LogP contribution >= 0.6 is 0 Å². The second kappa shape index (κ2) is 9.45. The second-order valence-corrected chi connectivity index (χ2v) is 8.54. The van der Waals surface area contributed by atoms with Crippen LogP contribution in [-0.4, -0.2) is 28.0 Å². The lowest BCUT2D eigenvalue weighted by molar-refractivity contribution is 0.0951. The van der Waals surface area contributed by atoms with Gasteiger partial charge in [0.05, 0.1) is 17.7 Å². The van der Waals surface area contributed by atoms with E-state index in [1.165, 1.54) is 19.2 Å². The molecule has 2 N–H and O–H groups in total. The largest absolute Gasteiger partial charge is 0.495 e. The molecule has 0 aliphatic heterocycles. The minimum Gasteiger partial charge on any atom is -0.495 e. The first-order valence-corrected chi connectivity index (χ1v) is 11.0. The lowest BCUT2D eigenvalue weighted by atomic mass is 10.0. The van der Waals surface area contributed by atoms with Gasteiger partial charge in [-0.1, -0.05) is 55.5 Å². The van der Waals surface area contributed by atoms with Crippen molar-refractivity contribution in [1.82, 2.24) is 5.32 Å². The van der Waals surface area contributed by atoms with Crippen LogP contribution in [0.15, 0.2) is 83.8 Å². The molecule has 7 heteroatoms. The molecule has 0 radical (unpaired) electrons. The Morgan fingerprint density at radius 2 is 1.67 bits per heavy atom. The monoisotopic (exact) mass is 424 g/mol. The zero-order valence-corrected chi connectivity index (χ0v) is 17.6. The molecule has 0 saturated heterocycles. The molecule has 0 spiro atoms. The Labute approximate surface area is 177 Å². The van der Waals surface area contributed by atoms with Gasteiger partial charge in [-0.3, -0.25) is 9.52 Å². The van der Waals surface area contributed by atoms with Crippen molar-refractivity contribution in [2.75, 3.05) is 18.4 Å². The summed E-state index contributed by atoms with van der Waals surface area (Å²) in [5.74, 6) is 0.214. The SMILES string of the molecule is COc1ccccc1NS(=O)(=O)c1cccc(C(=O)NCC(C)c2ccccc2)c1. The summed E-state index contributed by atoms with van der Waals surface area (Å²) >= 11 is 0. The van der Waals surface area contributed by atoms with Crippen LogP contribution in [0.25, 0.3) is 0 Å². The fourth-order valence-corrected chi connectivity index (χ4v) is 4.10. The summed E-state index contributed by atoms with van der Waals surface area (Å²) in [4.78, 5) is 12.6. The summed E-state index contributed by atoms with van der Waals surface area (Å²) < 4.78 is 33.3. The molecule has 0 heterocycles. The third-order valence-electron chi connectivity index (χ3n) is 4.70. The van der Waals surface area contributed by atoms with Gasteiger partial charge in [-0.15, -0.1) is 0 Å². The van der Waals surface area contributed by atoms with E-state index in [0.717, 1.165) is 5.56 Å². The van der Waals surface area contributed by atoms with E-state index in [2.05, 4.69) is 10.0 Å². The van der Waals surface area contributed by atoms with Gasteiger partial charge in [0, 0.05) is 12.1 Å². The molecule has 156 valence electrons. The fourth-order valence-electron chi connectivity index (χ4n) is 2.98. The fraction of sp³-hybridized carbons (Fsp3) is 0.174. The maximum Gasteiger partial charge on any atom is 0.262 e. The number of hydrogen-bond donors (Lipinski definition) is 2. The zero-order valence-electron chi connectivity index (χ0n) is 16.8. The molecule has 30 heavy (non-hydrogen) atoms. The van der Waals surface area contributed by atoms with E-state index < -0.39 is 10.0 Å². The first kappa shape index (κ1) is 21.4. The lowest BCUT2D eigenvalue weighted by Crippen LogP contribution is -2.27. The van der Waals surface area contributed by atoms with Crippen molar-refractivity contribution >= 4 is 21.6 Å². The average Bonchev–Trinajstić information content (AvgIpc) is 2.78. The van der Waals surface area contributed by atoms with E-state index in [0.29, 0.717) is 18.0 Å². The highest BCUT2D eigenvalue weighted by molar-refractivity contribution is 7.92. The number of nitrogens with one attached hydrogen (secondary N) is 2. The Morgan fingerprint density at radius 3 is 2.40 bits per heavy atom. The number of hydrogen-bond acceptors (Lipinski definition) is 4. The Hall–Kier alpha value is -3.32. The van der Waals surface area contributed by atoms with Gasteiger partial charge >= 0.3 is 0 Å². The van der Waals surface area contributed by atoms with Crippen LogP contribution in [0, 0.1) is 0 Å². The van der Waals surface area contributed by atoms with Crippen molar-refractivity contribution in [1.29, 1.82) is 0 Å². The summed E-state index contributed by atoms with van der Waals surface area (Å²) in [5, 5.41) is 2.87. The molecule has 0 fully saturated rings. The minimum atomic E-state index is -3.89. The number of rotatable bonds is 8. The quantitative estimate of drug-likeness (QED) is 0.572. The summed E-state index contributed by atoms with van der Waals surface area (Å²) in [6.45, 7) is 2.47. The van der Waals surface area contributed by atoms with Crippen molar-refractivity contribution < 1.29 is 17.9 Å². The first-order valence-electron chi connectivity index (χ1n) is 9.50. The molecule has 3 aromatic carbocycles. The van der Waals surface area contributed by atoms with Crippen LogP contribution in [-0.2, 0) is 10.0 Å². The van der Waals surface area contributed by atoms with Crippen LogP contribution in [0.2, 0.25) is 0 Å². The van der Waals surface area contributed by atoms with Crippen LogP contribution in [0.4, 0.5) is 5.69 Å². The number of carbonyl (C=O) groups excluding carboxylic acids is 1. The summed E-state index contributed by atoms with van der Waals surface area (Å²) in [6.07, 6.45) is 0. The molecule has 0 bridgehead atoms. The number of anilines is 1. The third kappa shape index (κ3) is 5.18. The molecule has 0 aromatic heterocycles. The van der Waals surface area contributed by atoms with Crippen LogP contribution in [0.3, 0.4) is 0 Å². The number of sulfonamides is 1. The summed E-state index contributed by atoms with van der Waals surface area (Å²) in [7, 11) is -2.42. The standard InChI is InChI=1S/C23H24N2O4S/c1-17(18-9-4-3-5-10-18)16-24-23(26)19-11-8-12-20(15-19)30(27,28)25-21-13-6-7-14-22(21)29-2/h3-15,17,25H,16H2,1-2H3,(H,24,26). The molecule has 6 nitrogen and oxygen atoms in total. The predicted molar refractivity (Wildman–Crippen MR) is 117 cm³/mol. The van der Waals surface area contributed by atoms with Gasteiger partial charge in [-0.25, -0.2) is 8.42 Å². The normalized spacial score (nSPS) is 12.1. The number of carbonyl (C=O) groups is 1. The van der Waals surface area contributed by atoms with Crippen molar-refractivity contribution in [3.05, 3.63) is 90.0 Å². The van der Waals surface area contributed by atoms with E-state index in [4.69, 9.17) is 4.74 Å². The number of para-hydroxylation sites is 2. The van der Waals surface area contributed by atoms with Gasteiger partial charge in [0.2, 0.25) is 0 Å². The molecule has 1 amide bonds. The molecule has 1 atom stereocenters. The van der Waals surface area contributed by atoms with Crippen LogP contribution in [0.1, 0.15) is 28.8 Å². The molecule has 0 aliphatic carbocycles. The number of amides is 1. The summed E-state index contributed by atoms with van der Waals surface area (Å²) in [5.41, 5.74) is 1.72. The summed E-state index contributed by atoms with van der Waals surface area (Å²) in [6, 6.07) is 22.5. The van der Waals surface area contributed by atoms with E-state index in [1.54, 1.807) is 36.4 Å². The highest BCUT2D eigenvalue weighted by atomic mass is 32.2. The molecule has 3 rings (SSSR count). The van der Waals surface area contributed by atoms with Gasteiger partial charge in [-0.05, 0) is 41.8 Å². The van der Waals surface area contributed by atoms with Gasteiger partial charge < -0.3 is 10.1 Å². The van der Waals surface area contributed by atoms with Crippen molar-refractivity contribution in [3.8, 4) is 5.75 Å². The third-order valence-corrected chi connectivity index (χ3v) is 6.06. The molecular weight excluding hydrogens is 400 g/mol. The van der Waals surface area contributed by atoms with E-state index in [9.17, 15) is 13.2 Å². The topological polar surface area (TPSA) is 84.5 Å². The maximum absolute atomic E-state index is 12.8. The van der Waals surface area contributed by atoms with Crippen molar-refractivity contribution in [2.45, 2.75) is 17.7 Å². The predicted octanol–water partition coefficient (Wildman–Crippen LogP) is 4.03. The maximum atomic E-state index is 12.8. The highest BCUT2D eigenvalue weighted by Crippen LogP contribution is 2.26. The average molecular weight is 425 g/mol. The Morgan fingerprint density at radius 1 is 0.967 bits per heavy atom. The van der Waals surface area contributed by atoms with Gasteiger partial charge in [-0.2, -0.15) is 0 Å². The highest BCUT2D eigenvalue weighted by Gasteiger charge is 2.18. The minimum absolute atomic E-state index is 0.00263. The zero-order chi connectivity index (χ0) is 21.6. The van der Waals surface area contributed by atoms with Crippen molar-refractivity contribution in [2.24, 2.45) is 0 Å². The number of benzene rings is 3. The Bertz CT molecular complexity index is 1110. The van der Waals surface area contributed by atoms with Crippen molar-refractivity contribution in [3.63, 3.8) is 0 Å². The van der Waals surface area contributed by atoms with Gasteiger partial charge in [0.25, 0.3) is 15.9 Å². The Balaban J connectivity index is 1.72. The molecule has 0 saturated carbocycles. The molecule has 0 aliphatic rings. The van der Waals surface area contributed by atoms with E-state index in [-0.39, 0.29) is 22.3 Å². The van der Waals surface area contributed by atoms with E-state index in [1.807, 2.05) is 37.3 Å². The number of methoxy groups -OCH3 is 1. The first-order chi connectivity index (χ1) is 14.4. The molecule has 1 unspecified atom stereocenters. The lowest BCUT2D eigenvalue weighted by Gasteiger charge is -2.14. The van der Waals surface area contributed by atoms with Gasteiger partial charge in [0.15, 0.2) is 0 Å². The smallest absolute Gasteiger partial charge is 0.262 e. The molecular formula is C23H24N2O4S. The van der Waals surface area contributed by atoms with Crippen LogP contribution in [0.5, 0.6) is 5.75 Å². The van der Waals surface area contributed by atoms with Crippen LogP contribution < -0.4 is 14.8 Å². The number of ether oxygens (including phenoxy) is 1.